The van der Waals surface area contributed by atoms with E-state index in [2.05, 4.69) is 0 Å². The Labute approximate surface area is 192 Å². The van der Waals surface area contributed by atoms with Gasteiger partial charge >= 0.3 is 6.97 Å². The third kappa shape index (κ3) is 2.94. The molecule has 0 N–H and O–H groups in total. The Morgan fingerprint density at radius 1 is 1.15 bits per heavy atom. The van der Waals surface area contributed by atoms with Gasteiger partial charge in [-0.2, -0.15) is 0 Å². The van der Waals surface area contributed by atoms with Gasteiger partial charge in [0.15, 0.2) is 5.70 Å². The van der Waals surface area contributed by atoms with Crippen LogP contribution in [0.3, 0.4) is 0 Å². The number of aromatic nitrogens is 1. The van der Waals surface area contributed by atoms with Gasteiger partial charge in [0.1, 0.15) is 11.5 Å². The van der Waals surface area contributed by atoms with Crippen molar-refractivity contribution >= 4 is 23.9 Å². The first-order chi connectivity index (χ1) is 15.5. The van der Waals surface area contributed by atoms with Gasteiger partial charge in [0.05, 0.1) is 23.7 Å². The highest BCUT2D eigenvalue weighted by Gasteiger charge is 2.57. The quantitative estimate of drug-likeness (QED) is 0.326. The largest absolute Gasteiger partial charge is 0.737 e. The normalized spacial score (nSPS) is 17.0. The van der Waals surface area contributed by atoms with Crippen LogP contribution in [0.25, 0.3) is 5.57 Å². The molecule has 0 atom stereocenters. The summed E-state index contributed by atoms with van der Waals surface area (Å²) in [7, 11) is 1.44. The van der Waals surface area contributed by atoms with E-state index in [0.717, 1.165) is 22.3 Å². The minimum atomic E-state index is -4.13. The van der Waals surface area contributed by atoms with E-state index in [1.165, 1.54) is 28.2 Å². The average molecular weight is 455 g/mol. The summed E-state index contributed by atoms with van der Waals surface area (Å²) in [5.41, 5.74) is 6.45. The summed E-state index contributed by atoms with van der Waals surface area (Å²) in [6.07, 6.45) is 1.25. The number of methoxy groups -OCH3 is 1. The summed E-state index contributed by atoms with van der Waals surface area (Å²) < 4.78 is 40.5. The summed E-state index contributed by atoms with van der Waals surface area (Å²) in [6, 6.07) is 4.36. The molecule has 9 heteroatoms. The number of fused-ring (bicyclic) bond motifs is 2. The lowest BCUT2D eigenvalue weighted by molar-refractivity contribution is -0.385. The molecular formula is C24H28BF2N3O3. The lowest BCUT2D eigenvalue weighted by Gasteiger charge is -2.34. The fourth-order valence-electron chi connectivity index (χ4n) is 5.73. The van der Waals surface area contributed by atoms with E-state index in [4.69, 9.17) is 4.74 Å². The van der Waals surface area contributed by atoms with Crippen molar-refractivity contribution in [2.75, 3.05) is 7.11 Å². The molecule has 33 heavy (non-hydrogen) atoms. The summed E-state index contributed by atoms with van der Waals surface area (Å²) in [5, 5.41) is 11.4. The van der Waals surface area contributed by atoms with Gasteiger partial charge in [0, 0.05) is 35.4 Å². The van der Waals surface area contributed by atoms with Crippen LogP contribution in [0, 0.1) is 24.0 Å². The second-order valence-corrected chi connectivity index (χ2v) is 8.63. The molecule has 0 amide bonds. The molecule has 0 saturated carbocycles. The minimum Gasteiger partial charge on any atom is -0.496 e. The molecule has 6 nitrogen and oxygen atoms in total. The van der Waals surface area contributed by atoms with Crippen LogP contribution in [0.15, 0.2) is 35.0 Å². The number of benzene rings is 1. The molecule has 174 valence electrons. The SMILES string of the molecule is CCC1=C(C)C2=C(c3ccc([N+](=O)[O-])cc3OC)c3c(C)c(CC)c(C)n3[B-](F)(F)[N+]2=C1C. The third-order valence-corrected chi connectivity index (χ3v) is 7.16. The predicted molar refractivity (Wildman–Crippen MR) is 126 cm³/mol. The first-order valence-corrected chi connectivity index (χ1v) is 11.2. The summed E-state index contributed by atoms with van der Waals surface area (Å²) in [5.74, 6) is 0.280. The zero-order valence-electron chi connectivity index (χ0n) is 20.0. The molecule has 0 aliphatic carbocycles. The molecular weight excluding hydrogens is 427 g/mol. The first-order valence-electron chi connectivity index (χ1n) is 11.2. The third-order valence-electron chi connectivity index (χ3n) is 7.16. The highest BCUT2D eigenvalue weighted by Crippen LogP contribution is 2.49. The molecule has 0 bridgehead atoms. The maximum atomic E-state index is 16.3. The summed E-state index contributed by atoms with van der Waals surface area (Å²) >= 11 is 0. The zero-order chi connectivity index (χ0) is 24.4. The number of nitro benzene ring substituents is 1. The molecule has 0 unspecified atom stereocenters. The van der Waals surface area contributed by atoms with Crippen LogP contribution in [-0.2, 0) is 6.42 Å². The van der Waals surface area contributed by atoms with E-state index in [1.807, 2.05) is 27.7 Å². The Kier molecular flexibility index (Phi) is 5.34. The van der Waals surface area contributed by atoms with Gasteiger partial charge in [-0.1, -0.05) is 13.8 Å². The zero-order valence-corrected chi connectivity index (χ0v) is 20.0. The Morgan fingerprint density at radius 3 is 2.36 bits per heavy atom. The predicted octanol–water partition coefficient (Wildman–Crippen LogP) is 5.79. The van der Waals surface area contributed by atoms with E-state index < -0.39 is 11.9 Å². The summed E-state index contributed by atoms with van der Waals surface area (Å²) in [4.78, 5) is 10.9. The van der Waals surface area contributed by atoms with Crippen molar-refractivity contribution in [1.29, 1.82) is 0 Å². The molecule has 0 fully saturated rings. The van der Waals surface area contributed by atoms with Crippen molar-refractivity contribution in [3.05, 3.63) is 73.2 Å². The second-order valence-electron chi connectivity index (χ2n) is 8.63. The molecule has 3 heterocycles. The van der Waals surface area contributed by atoms with Crippen molar-refractivity contribution in [2.45, 2.75) is 54.4 Å². The van der Waals surface area contributed by atoms with Crippen LogP contribution in [0.4, 0.5) is 14.3 Å². The molecule has 0 saturated heterocycles. The van der Waals surface area contributed by atoms with Crippen LogP contribution in [0.1, 0.15) is 62.2 Å². The molecule has 2 aliphatic rings. The molecule has 0 radical (unpaired) electrons. The second kappa shape index (κ2) is 7.68. The van der Waals surface area contributed by atoms with Gasteiger partial charge in [-0.05, 0) is 56.5 Å². The summed E-state index contributed by atoms with van der Waals surface area (Å²) in [6.45, 7) is 7.04. The standard InChI is InChI=1S/C24H28BF2N3O3/c1-8-18-13(3)23-22(20-11-10-17(30(31)32)12-21(20)33-7)24-14(4)19(9-2)16(6)29(24)25(26,27)28(23)15(18)5/h10-12H,8-9H2,1-7H3. The number of nitrogens with zero attached hydrogens (tertiary/aromatic N) is 3. The van der Waals surface area contributed by atoms with Gasteiger partial charge in [-0.25, -0.2) is 0 Å². The highest BCUT2D eigenvalue weighted by molar-refractivity contribution is 6.58. The highest BCUT2D eigenvalue weighted by atomic mass is 19.2. The van der Waals surface area contributed by atoms with Crippen molar-refractivity contribution < 1.29 is 22.8 Å². The van der Waals surface area contributed by atoms with Gasteiger partial charge in [0.2, 0.25) is 0 Å². The molecule has 1 aromatic heterocycles. The van der Waals surface area contributed by atoms with Crippen LogP contribution in [-0.4, -0.2) is 33.7 Å². The Hall–Kier alpha value is -3.23. The van der Waals surface area contributed by atoms with Crippen LogP contribution in [0.2, 0.25) is 0 Å². The maximum Gasteiger partial charge on any atom is 0.737 e. The number of halogens is 2. The monoisotopic (exact) mass is 455 g/mol. The Bertz CT molecular complexity index is 1320. The molecule has 4 rings (SSSR count). The first kappa shape index (κ1) is 23.0. The van der Waals surface area contributed by atoms with Crippen molar-refractivity contribution in [2.24, 2.45) is 0 Å². The van der Waals surface area contributed by atoms with Gasteiger partial charge in [-0.3, -0.25) is 10.1 Å². The fourth-order valence-corrected chi connectivity index (χ4v) is 5.73. The maximum absolute atomic E-state index is 16.3. The van der Waals surface area contributed by atoms with E-state index in [0.29, 0.717) is 46.8 Å². The van der Waals surface area contributed by atoms with Gasteiger partial charge in [-0.15, -0.1) is 0 Å². The van der Waals surface area contributed by atoms with Gasteiger partial charge in [0.25, 0.3) is 5.69 Å². The van der Waals surface area contributed by atoms with Crippen LogP contribution < -0.4 is 4.74 Å². The molecule has 1 aromatic carbocycles. The van der Waals surface area contributed by atoms with Crippen LogP contribution >= 0.6 is 0 Å². The van der Waals surface area contributed by atoms with E-state index in [9.17, 15) is 10.1 Å². The lowest BCUT2D eigenvalue weighted by Crippen LogP contribution is -2.51. The Morgan fingerprint density at radius 2 is 1.82 bits per heavy atom. The number of hydrogen-bond acceptors (Lipinski definition) is 3. The number of ether oxygens (including phenoxy) is 1. The Balaban J connectivity index is 2.23. The number of allylic oxidation sites excluding steroid dienone is 2. The van der Waals surface area contributed by atoms with Gasteiger partial charge < -0.3 is 22.3 Å². The molecule has 0 spiro atoms. The average Bonchev–Trinajstić information content (AvgIpc) is 3.18. The van der Waals surface area contributed by atoms with E-state index in [1.54, 1.807) is 19.9 Å². The van der Waals surface area contributed by atoms with Crippen molar-refractivity contribution in [3.8, 4) is 5.75 Å². The van der Waals surface area contributed by atoms with E-state index in [-0.39, 0.29) is 11.4 Å². The number of nitro groups is 1. The lowest BCUT2D eigenvalue weighted by atomic mass is 9.83. The number of hydrogen-bond donors (Lipinski definition) is 0. The van der Waals surface area contributed by atoms with Crippen molar-refractivity contribution in [3.63, 3.8) is 0 Å². The van der Waals surface area contributed by atoms with E-state index >= 15 is 8.63 Å². The molecule has 2 aromatic rings. The number of rotatable bonds is 5. The fraction of sp³-hybridized carbons (Fsp3) is 0.375. The van der Waals surface area contributed by atoms with Crippen LogP contribution in [0.5, 0.6) is 5.75 Å². The van der Waals surface area contributed by atoms with Crippen molar-refractivity contribution in [1.82, 2.24) is 4.48 Å². The smallest absolute Gasteiger partial charge is 0.496 e. The molecule has 2 aliphatic heterocycles. The topological polar surface area (TPSA) is 60.3 Å². The minimum absolute atomic E-state index is 0.114. The number of non-ortho nitro benzene ring substituents is 1.